The number of benzene rings is 2. The van der Waals surface area contributed by atoms with Crippen molar-refractivity contribution in [2.75, 3.05) is 6.54 Å². The first kappa shape index (κ1) is 24.9. The first-order valence-corrected chi connectivity index (χ1v) is 12.3. The van der Waals surface area contributed by atoms with Gasteiger partial charge in [0.2, 0.25) is 5.43 Å². The highest BCUT2D eigenvalue weighted by Crippen LogP contribution is 2.23. The summed E-state index contributed by atoms with van der Waals surface area (Å²) in [6.07, 6.45) is 0.0747. The molecule has 2 aromatic carbocycles. The summed E-state index contributed by atoms with van der Waals surface area (Å²) in [4.78, 5) is 52.8. The Morgan fingerprint density at radius 3 is 2.66 bits per heavy atom. The standard InChI is InChI=1S/C28H27N5O5/c1-16(2)32-10-11-33-19(14-23(35)26(36)25(33)28(32)38)15-29-27(37)18-7-5-6-17(12-18)13-22(34)24-20-8-3-4-9-21(20)30-31-24/h3-9,12,14,16,36H,10-11,13,15H2,1-2H3,(H,29,37)(H,30,31). The van der Waals surface area contributed by atoms with E-state index < -0.39 is 23.0 Å². The van der Waals surface area contributed by atoms with Crippen molar-refractivity contribution in [2.45, 2.75) is 39.4 Å². The van der Waals surface area contributed by atoms with E-state index in [1.54, 1.807) is 33.7 Å². The second kappa shape index (κ2) is 9.97. The van der Waals surface area contributed by atoms with Gasteiger partial charge < -0.3 is 19.9 Å². The lowest BCUT2D eigenvalue weighted by molar-refractivity contribution is 0.0639. The predicted octanol–water partition coefficient (Wildman–Crippen LogP) is 2.65. The second-order valence-electron chi connectivity index (χ2n) is 9.54. The minimum atomic E-state index is -0.675. The zero-order valence-corrected chi connectivity index (χ0v) is 21.0. The maximum atomic E-state index is 13.0. The number of amides is 2. The van der Waals surface area contributed by atoms with Crippen molar-refractivity contribution < 1.29 is 19.5 Å². The molecule has 4 aromatic rings. The van der Waals surface area contributed by atoms with Gasteiger partial charge in [-0.1, -0.05) is 30.3 Å². The van der Waals surface area contributed by atoms with Crippen molar-refractivity contribution >= 4 is 28.5 Å². The number of Topliss-reactive ketones (excluding diaryl/α,β-unsaturated/α-hetero) is 1. The van der Waals surface area contributed by atoms with Gasteiger partial charge in [-0.15, -0.1) is 0 Å². The molecule has 10 nitrogen and oxygen atoms in total. The summed E-state index contributed by atoms with van der Waals surface area (Å²) in [6, 6.07) is 15.3. The van der Waals surface area contributed by atoms with E-state index in [0.29, 0.717) is 35.6 Å². The van der Waals surface area contributed by atoms with Crippen LogP contribution in [-0.2, 0) is 19.5 Å². The number of fused-ring (bicyclic) bond motifs is 2. The first-order chi connectivity index (χ1) is 18.2. The molecule has 0 aliphatic carbocycles. The van der Waals surface area contributed by atoms with E-state index in [-0.39, 0.29) is 30.5 Å². The lowest BCUT2D eigenvalue weighted by Crippen LogP contribution is -2.46. The number of carbonyl (C=O) groups is 3. The van der Waals surface area contributed by atoms with Gasteiger partial charge in [0.25, 0.3) is 11.8 Å². The van der Waals surface area contributed by atoms with Gasteiger partial charge in [-0.05, 0) is 37.6 Å². The molecule has 0 unspecified atom stereocenters. The van der Waals surface area contributed by atoms with E-state index >= 15 is 0 Å². The molecule has 0 saturated carbocycles. The monoisotopic (exact) mass is 513 g/mol. The van der Waals surface area contributed by atoms with Crippen molar-refractivity contribution in [2.24, 2.45) is 0 Å². The number of H-pyrrole nitrogens is 1. The van der Waals surface area contributed by atoms with E-state index in [1.807, 2.05) is 38.1 Å². The molecule has 2 aromatic heterocycles. The fourth-order valence-electron chi connectivity index (χ4n) is 4.78. The molecule has 38 heavy (non-hydrogen) atoms. The molecule has 3 N–H and O–H groups in total. The third-order valence-electron chi connectivity index (χ3n) is 6.74. The highest BCUT2D eigenvalue weighted by atomic mass is 16.3. The third kappa shape index (κ3) is 4.56. The van der Waals surface area contributed by atoms with Crippen LogP contribution < -0.4 is 10.7 Å². The minimum absolute atomic E-state index is 0.0151. The number of nitrogens with zero attached hydrogens (tertiary/aromatic N) is 3. The largest absolute Gasteiger partial charge is 0.503 e. The van der Waals surface area contributed by atoms with Crippen molar-refractivity contribution in [3.8, 4) is 5.75 Å². The van der Waals surface area contributed by atoms with Crippen LogP contribution in [0.25, 0.3) is 10.9 Å². The van der Waals surface area contributed by atoms with Gasteiger partial charge >= 0.3 is 0 Å². The quantitative estimate of drug-likeness (QED) is 0.325. The normalized spacial score (nSPS) is 13.1. The van der Waals surface area contributed by atoms with Crippen molar-refractivity contribution in [1.29, 1.82) is 0 Å². The van der Waals surface area contributed by atoms with E-state index in [0.717, 1.165) is 10.9 Å². The Bertz CT molecular complexity index is 1630. The molecular formula is C28H27N5O5. The molecule has 0 spiro atoms. The van der Waals surface area contributed by atoms with Crippen LogP contribution >= 0.6 is 0 Å². The first-order valence-electron chi connectivity index (χ1n) is 12.3. The number of carbonyl (C=O) groups excluding carboxylic acids is 3. The molecular weight excluding hydrogens is 486 g/mol. The fourth-order valence-corrected chi connectivity index (χ4v) is 4.78. The van der Waals surface area contributed by atoms with E-state index in [2.05, 4.69) is 15.5 Å². The summed E-state index contributed by atoms with van der Waals surface area (Å²) in [6.45, 7) is 4.53. The number of hydrogen-bond acceptors (Lipinski definition) is 6. The summed E-state index contributed by atoms with van der Waals surface area (Å²) in [5.41, 5.74) is 1.82. The van der Waals surface area contributed by atoms with Crippen molar-refractivity contribution in [1.82, 2.24) is 25.0 Å². The van der Waals surface area contributed by atoms with Crippen LogP contribution in [0, 0.1) is 0 Å². The number of nitrogens with one attached hydrogen (secondary N) is 2. The Hall–Kier alpha value is -4.73. The van der Waals surface area contributed by atoms with Gasteiger partial charge in [-0.25, -0.2) is 0 Å². The van der Waals surface area contributed by atoms with E-state index in [9.17, 15) is 24.3 Å². The number of rotatable bonds is 7. The smallest absolute Gasteiger partial charge is 0.274 e. The maximum absolute atomic E-state index is 13.0. The summed E-state index contributed by atoms with van der Waals surface area (Å²) in [5, 5.41) is 20.9. The van der Waals surface area contributed by atoms with Gasteiger partial charge in [-0.3, -0.25) is 24.3 Å². The number of para-hydroxylation sites is 1. The van der Waals surface area contributed by atoms with Gasteiger partial charge in [0.15, 0.2) is 17.2 Å². The summed E-state index contributed by atoms with van der Waals surface area (Å²) in [5.74, 6) is -1.57. The molecule has 10 heteroatoms. The molecule has 5 rings (SSSR count). The summed E-state index contributed by atoms with van der Waals surface area (Å²) in [7, 11) is 0. The highest BCUT2D eigenvalue weighted by molar-refractivity contribution is 6.06. The van der Waals surface area contributed by atoms with E-state index in [4.69, 9.17) is 0 Å². The Kier molecular flexibility index (Phi) is 6.54. The lowest BCUT2D eigenvalue weighted by Gasteiger charge is -2.34. The van der Waals surface area contributed by atoms with Crippen molar-refractivity contribution in [3.63, 3.8) is 0 Å². The van der Waals surface area contributed by atoms with Gasteiger partial charge in [0.05, 0.1) is 12.1 Å². The Labute approximate surface area is 217 Å². The third-order valence-corrected chi connectivity index (χ3v) is 6.74. The molecule has 3 heterocycles. The highest BCUT2D eigenvalue weighted by Gasteiger charge is 2.31. The number of pyridine rings is 1. The average molecular weight is 514 g/mol. The number of hydrogen-bond donors (Lipinski definition) is 3. The van der Waals surface area contributed by atoms with Gasteiger partial charge in [-0.2, -0.15) is 5.10 Å². The molecule has 0 fully saturated rings. The zero-order chi connectivity index (χ0) is 27.0. The average Bonchev–Trinajstić information content (AvgIpc) is 3.34. The fraction of sp³-hybridized carbons (Fsp3) is 0.250. The van der Waals surface area contributed by atoms with Gasteiger partial charge in [0, 0.05) is 48.3 Å². The molecule has 194 valence electrons. The number of aromatic amines is 1. The molecule has 1 aliphatic rings. The van der Waals surface area contributed by atoms with Crippen LogP contribution in [0.15, 0.2) is 59.4 Å². The lowest BCUT2D eigenvalue weighted by atomic mass is 10.0. The summed E-state index contributed by atoms with van der Waals surface area (Å²) < 4.78 is 1.58. The van der Waals surface area contributed by atoms with Crippen molar-refractivity contribution in [3.05, 3.63) is 93.0 Å². The SMILES string of the molecule is CC(C)N1CCn2c(CNC(=O)c3cccc(CC(=O)c4n[nH]c5ccccc45)c3)cc(=O)c(O)c2C1=O. The predicted molar refractivity (Wildman–Crippen MR) is 140 cm³/mol. The maximum Gasteiger partial charge on any atom is 0.274 e. The topological polar surface area (TPSA) is 137 Å². The van der Waals surface area contributed by atoms with Crippen LogP contribution in [-0.4, -0.2) is 55.0 Å². The molecule has 0 atom stereocenters. The Morgan fingerprint density at radius 1 is 1.08 bits per heavy atom. The number of aromatic hydroxyl groups is 1. The molecule has 0 radical (unpaired) electrons. The van der Waals surface area contributed by atoms with Crippen LogP contribution in [0.1, 0.15) is 56.4 Å². The minimum Gasteiger partial charge on any atom is -0.503 e. The number of aromatic nitrogens is 3. The summed E-state index contributed by atoms with van der Waals surface area (Å²) >= 11 is 0. The van der Waals surface area contributed by atoms with Crippen LogP contribution in [0.3, 0.4) is 0 Å². The van der Waals surface area contributed by atoms with Crippen LogP contribution in [0.4, 0.5) is 0 Å². The van der Waals surface area contributed by atoms with Gasteiger partial charge in [0.1, 0.15) is 5.69 Å². The van der Waals surface area contributed by atoms with E-state index in [1.165, 1.54) is 6.07 Å². The molecule has 0 saturated heterocycles. The molecule has 2 amide bonds. The van der Waals surface area contributed by atoms with Crippen LogP contribution in [0.2, 0.25) is 0 Å². The Morgan fingerprint density at radius 2 is 1.87 bits per heavy atom. The number of ketones is 1. The molecule has 0 bridgehead atoms. The van der Waals surface area contributed by atoms with Crippen LogP contribution in [0.5, 0.6) is 5.75 Å². The Balaban J connectivity index is 1.32. The second-order valence-corrected chi connectivity index (χ2v) is 9.54. The molecule has 1 aliphatic heterocycles. The zero-order valence-electron chi connectivity index (χ0n) is 21.0.